The van der Waals surface area contributed by atoms with E-state index >= 15 is 0 Å². The van der Waals surface area contributed by atoms with Crippen LogP contribution in [0.2, 0.25) is 0 Å². The molecule has 0 saturated carbocycles. The zero-order valence-electron chi connectivity index (χ0n) is 9.14. The molecule has 0 saturated heterocycles. The van der Waals surface area contributed by atoms with Crippen LogP contribution in [0.3, 0.4) is 0 Å². The van der Waals surface area contributed by atoms with Gasteiger partial charge in [0.25, 0.3) is 0 Å². The van der Waals surface area contributed by atoms with E-state index in [0.29, 0.717) is 0 Å². The number of nitrogens with one attached hydrogen (secondary N) is 2. The third kappa shape index (κ3) is 3.90. The molecular formula is C12H20N2. The fraction of sp³-hybridized carbons (Fsp3) is 0.500. The summed E-state index contributed by atoms with van der Waals surface area (Å²) in [4.78, 5) is 0. The normalized spacial score (nSPS) is 10.4. The van der Waals surface area contributed by atoms with E-state index < -0.39 is 0 Å². The topological polar surface area (TPSA) is 24.1 Å². The van der Waals surface area contributed by atoms with Crippen molar-refractivity contribution in [2.24, 2.45) is 0 Å². The second-order valence-corrected chi connectivity index (χ2v) is 3.45. The Morgan fingerprint density at radius 1 is 1.14 bits per heavy atom. The molecule has 14 heavy (non-hydrogen) atoms. The minimum atomic E-state index is 0.968. The van der Waals surface area contributed by atoms with Gasteiger partial charge in [0.1, 0.15) is 0 Å². The van der Waals surface area contributed by atoms with Crippen LogP contribution in [-0.2, 0) is 13.0 Å². The van der Waals surface area contributed by atoms with Crippen LogP contribution in [0.1, 0.15) is 18.1 Å². The summed E-state index contributed by atoms with van der Waals surface area (Å²) >= 11 is 0. The number of hydrogen-bond donors (Lipinski definition) is 2. The monoisotopic (exact) mass is 192 g/mol. The zero-order chi connectivity index (χ0) is 10.2. The molecule has 0 atom stereocenters. The summed E-state index contributed by atoms with van der Waals surface area (Å²) in [5, 5.41) is 6.51. The summed E-state index contributed by atoms with van der Waals surface area (Å²) in [7, 11) is 1.97. The Hall–Kier alpha value is -0.860. The van der Waals surface area contributed by atoms with Crippen molar-refractivity contribution < 1.29 is 0 Å². The highest BCUT2D eigenvalue weighted by atomic mass is 14.9. The molecule has 0 aliphatic heterocycles. The van der Waals surface area contributed by atoms with Gasteiger partial charge in [0, 0.05) is 19.6 Å². The Balaban J connectivity index is 2.34. The molecule has 0 unspecified atom stereocenters. The molecule has 1 rings (SSSR count). The van der Waals surface area contributed by atoms with Crippen LogP contribution >= 0.6 is 0 Å². The molecule has 0 aliphatic rings. The Morgan fingerprint density at radius 2 is 1.93 bits per heavy atom. The van der Waals surface area contributed by atoms with Crippen LogP contribution < -0.4 is 10.6 Å². The summed E-state index contributed by atoms with van der Waals surface area (Å²) in [5.41, 5.74) is 2.79. The maximum Gasteiger partial charge on any atom is 0.0206 e. The first kappa shape index (κ1) is 11.2. The lowest BCUT2D eigenvalue weighted by molar-refractivity contribution is 0.650. The number of hydrogen-bond acceptors (Lipinski definition) is 2. The third-order valence-corrected chi connectivity index (χ3v) is 2.28. The maximum absolute atomic E-state index is 3.39. The summed E-state index contributed by atoms with van der Waals surface area (Å²) in [6.45, 7) is 5.20. The lowest BCUT2D eigenvalue weighted by atomic mass is 10.1. The Kier molecular flexibility index (Phi) is 5.27. The molecule has 0 bridgehead atoms. The molecule has 2 heteroatoms. The second-order valence-electron chi connectivity index (χ2n) is 3.45. The third-order valence-electron chi connectivity index (χ3n) is 2.28. The second kappa shape index (κ2) is 6.57. The van der Waals surface area contributed by atoms with Gasteiger partial charge < -0.3 is 10.6 Å². The highest BCUT2D eigenvalue weighted by Gasteiger charge is 1.93. The lowest BCUT2D eigenvalue weighted by Crippen LogP contribution is -2.24. The van der Waals surface area contributed by atoms with Gasteiger partial charge in [0.05, 0.1) is 0 Å². The standard InChI is InChI=1S/C12H20N2/c1-3-11-5-4-6-12(9-11)10-14-8-7-13-2/h4-6,9,13-14H,3,7-8,10H2,1-2H3. The van der Waals surface area contributed by atoms with E-state index in [1.165, 1.54) is 11.1 Å². The number of rotatable bonds is 6. The van der Waals surface area contributed by atoms with Crippen LogP contribution in [0.4, 0.5) is 0 Å². The van der Waals surface area contributed by atoms with Gasteiger partial charge in [-0.25, -0.2) is 0 Å². The van der Waals surface area contributed by atoms with Gasteiger partial charge in [-0.15, -0.1) is 0 Å². The van der Waals surface area contributed by atoms with E-state index in [4.69, 9.17) is 0 Å². The fourth-order valence-electron chi connectivity index (χ4n) is 1.41. The van der Waals surface area contributed by atoms with Crippen molar-refractivity contribution in [2.45, 2.75) is 19.9 Å². The van der Waals surface area contributed by atoms with Gasteiger partial charge in [-0.1, -0.05) is 31.2 Å². The van der Waals surface area contributed by atoms with Crippen LogP contribution in [0.15, 0.2) is 24.3 Å². The van der Waals surface area contributed by atoms with E-state index in [2.05, 4.69) is 41.8 Å². The summed E-state index contributed by atoms with van der Waals surface area (Å²) in [6, 6.07) is 8.75. The van der Waals surface area contributed by atoms with Crippen molar-refractivity contribution in [3.63, 3.8) is 0 Å². The summed E-state index contributed by atoms with van der Waals surface area (Å²) in [5.74, 6) is 0. The predicted molar refractivity (Wildman–Crippen MR) is 61.5 cm³/mol. The molecule has 0 aliphatic carbocycles. The molecule has 78 valence electrons. The highest BCUT2D eigenvalue weighted by molar-refractivity contribution is 5.23. The largest absolute Gasteiger partial charge is 0.318 e. The summed E-state index contributed by atoms with van der Waals surface area (Å²) < 4.78 is 0. The first-order valence-corrected chi connectivity index (χ1v) is 5.30. The van der Waals surface area contributed by atoms with Gasteiger partial charge in [-0.05, 0) is 24.6 Å². The van der Waals surface area contributed by atoms with Crippen LogP contribution in [0.5, 0.6) is 0 Å². The number of benzene rings is 1. The van der Waals surface area contributed by atoms with Crippen molar-refractivity contribution in [1.82, 2.24) is 10.6 Å². The van der Waals surface area contributed by atoms with Crippen molar-refractivity contribution in [1.29, 1.82) is 0 Å². The molecule has 1 aromatic rings. The average Bonchev–Trinajstić information content (AvgIpc) is 2.25. The molecule has 2 N–H and O–H groups in total. The molecule has 0 amide bonds. The van der Waals surface area contributed by atoms with Crippen LogP contribution in [-0.4, -0.2) is 20.1 Å². The average molecular weight is 192 g/mol. The van der Waals surface area contributed by atoms with E-state index in [1.807, 2.05) is 7.05 Å². The smallest absolute Gasteiger partial charge is 0.0206 e. The quantitative estimate of drug-likeness (QED) is 0.668. The molecule has 0 spiro atoms. The van der Waals surface area contributed by atoms with Gasteiger partial charge >= 0.3 is 0 Å². The van der Waals surface area contributed by atoms with Crippen molar-refractivity contribution in [2.75, 3.05) is 20.1 Å². The van der Waals surface area contributed by atoms with Gasteiger partial charge in [0.15, 0.2) is 0 Å². The molecule has 2 nitrogen and oxygen atoms in total. The van der Waals surface area contributed by atoms with Crippen LogP contribution in [0, 0.1) is 0 Å². The molecule has 1 aromatic carbocycles. The van der Waals surface area contributed by atoms with E-state index in [-0.39, 0.29) is 0 Å². The number of aryl methyl sites for hydroxylation is 1. The Morgan fingerprint density at radius 3 is 2.64 bits per heavy atom. The molecule has 0 radical (unpaired) electrons. The predicted octanol–water partition coefficient (Wildman–Crippen LogP) is 1.56. The Bertz CT molecular complexity index is 258. The van der Waals surface area contributed by atoms with Gasteiger partial charge in [-0.2, -0.15) is 0 Å². The first-order chi connectivity index (χ1) is 6.86. The van der Waals surface area contributed by atoms with Crippen LogP contribution in [0.25, 0.3) is 0 Å². The van der Waals surface area contributed by atoms with Gasteiger partial charge in [-0.3, -0.25) is 0 Å². The Labute approximate surface area is 86.7 Å². The molecular weight excluding hydrogens is 172 g/mol. The van der Waals surface area contributed by atoms with E-state index in [1.54, 1.807) is 0 Å². The highest BCUT2D eigenvalue weighted by Crippen LogP contribution is 2.05. The molecule has 0 fully saturated rings. The summed E-state index contributed by atoms with van der Waals surface area (Å²) in [6.07, 6.45) is 1.12. The molecule has 0 aromatic heterocycles. The first-order valence-electron chi connectivity index (χ1n) is 5.30. The minimum Gasteiger partial charge on any atom is -0.318 e. The number of likely N-dealkylation sites (N-methyl/N-ethyl adjacent to an activating group) is 1. The van der Waals surface area contributed by atoms with E-state index in [9.17, 15) is 0 Å². The lowest BCUT2D eigenvalue weighted by Gasteiger charge is -2.05. The fourth-order valence-corrected chi connectivity index (χ4v) is 1.41. The maximum atomic E-state index is 3.39. The van der Waals surface area contributed by atoms with Gasteiger partial charge in [0.2, 0.25) is 0 Å². The van der Waals surface area contributed by atoms with Crippen molar-refractivity contribution >= 4 is 0 Å². The molecule has 0 heterocycles. The minimum absolute atomic E-state index is 0.968. The van der Waals surface area contributed by atoms with Crippen molar-refractivity contribution in [3.05, 3.63) is 35.4 Å². The SMILES string of the molecule is CCc1cccc(CNCCNC)c1. The van der Waals surface area contributed by atoms with E-state index in [0.717, 1.165) is 26.1 Å². The van der Waals surface area contributed by atoms with Crippen molar-refractivity contribution in [3.8, 4) is 0 Å². The zero-order valence-corrected chi connectivity index (χ0v) is 9.14.